The number of carbonyl (C=O) groups excluding carboxylic acids is 2. The smallest absolute Gasteiger partial charge is 0.432 e. The number of halogens is 4. The van der Waals surface area contributed by atoms with Gasteiger partial charge in [-0.2, -0.15) is 13.2 Å². The number of ether oxygens (including phenoxy) is 1. The first-order valence-corrected chi connectivity index (χ1v) is 8.70. The lowest BCUT2D eigenvalue weighted by Crippen LogP contribution is -2.50. The van der Waals surface area contributed by atoms with Crippen LogP contribution in [0.2, 0.25) is 0 Å². The molecule has 1 atom stereocenters. The van der Waals surface area contributed by atoms with Crippen LogP contribution < -0.4 is 4.90 Å². The van der Waals surface area contributed by atoms with Crippen molar-refractivity contribution in [2.45, 2.75) is 25.6 Å². The summed E-state index contributed by atoms with van der Waals surface area (Å²) >= 11 is 0. The molecule has 0 aliphatic rings. The predicted molar refractivity (Wildman–Crippen MR) is 96.8 cm³/mol. The fourth-order valence-electron chi connectivity index (χ4n) is 2.74. The van der Waals surface area contributed by atoms with Crippen LogP contribution in [0, 0.1) is 5.82 Å². The molecule has 0 radical (unpaired) electrons. The van der Waals surface area contributed by atoms with Gasteiger partial charge in [0.2, 0.25) is 0 Å². The molecule has 2 aromatic carbocycles. The molecule has 2 aromatic rings. The standard InChI is InChI=1S/C20H19F4NO4/c1-3-25(17(26)13-6-5-7-15(21)12-13)16-10-8-14(9-11-16)19(28,20(22,23)24)18(27)29-4-2/h5-12,28H,3-4H2,1-2H3/t19-/m0/s1. The summed E-state index contributed by atoms with van der Waals surface area (Å²) in [5.74, 6) is -3.01. The van der Waals surface area contributed by atoms with Crippen LogP contribution in [0.25, 0.3) is 0 Å². The number of rotatable bonds is 6. The number of carbonyl (C=O) groups is 2. The van der Waals surface area contributed by atoms with E-state index in [1.807, 2.05) is 0 Å². The number of benzene rings is 2. The van der Waals surface area contributed by atoms with E-state index in [0.717, 1.165) is 30.3 Å². The Hall–Kier alpha value is -2.94. The maximum absolute atomic E-state index is 13.4. The van der Waals surface area contributed by atoms with Gasteiger partial charge in [0.1, 0.15) is 5.82 Å². The fourth-order valence-corrected chi connectivity index (χ4v) is 2.74. The van der Waals surface area contributed by atoms with Crippen LogP contribution in [-0.2, 0) is 15.1 Å². The molecule has 0 aliphatic heterocycles. The van der Waals surface area contributed by atoms with Crippen molar-refractivity contribution in [1.29, 1.82) is 0 Å². The zero-order valence-electron chi connectivity index (χ0n) is 15.7. The van der Waals surface area contributed by atoms with Crippen molar-refractivity contribution in [2.75, 3.05) is 18.1 Å². The molecule has 0 saturated carbocycles. The molecule has 0 spiro atoms. The highest BCUT2D eigenvalue weighted by atomic mass is 19.4. The van der Waals surface area contributed by atoms with Crippen molar-refractivity contribution in [3.8, 4) is 0 Å². The first kappa shape index (κ1) is 22.4. The van der Waals surface area contributed by atoms with E-state index < -0.39 is 35.0 Å². The van der Waals surface area contributed by atoms with Crippen molar-refractivity contribution >= 4 is 17.6 Å². The van der Waals surface area contributed by atoms with Gasteiger partial charge in [-0.25, -0.2) is 9.18 Å². The number of esters is 1. The second-order valence-corrected chi connectivity index (χ2v) is 6.04. The molecule has 156 valence electrons. The van der Waals surface area contributed by atoms with Gasteiger partial charge in [-0.15, -0.1) is 0 Å². The van der Waals surface area contributed by atoms with Crippen molar-refractivity contribution < 1.29 is 37.0 Å². The van der Waals surface area contributed by atoms with Crippen LogP contribution in [0.4, 0.5) is 23.2 Å². The van der Waals surface area contributed by atoms with E-state index in [-0.39, 0.29) is 24.4 Å². The average Bonchev–Trinajstić information content (AvgIpc) is 2.67. The summed E-state index contributed by atoms with van der Waals surface area (Å²) in [6.45, 7) is 2.75. The predicted octanol–water partition coefficient (Wildman–Crippen LogP) is 3.81. The van der Waals surface area contributed by atoms with Gasteiger partial charge in [-0.3, -0.25) is 4.79 Å². The van der Waals surface area contributed by atoms with E-state index in [4.69, 9.17) is 0 Å². The van der Waals surface area contributed by atoms with Crippen LogP contribution in [-0.4, -0.2) is 36.3 Å². The molecule has 0 heterocycles. The average molecular weight is 413 g/mol. The Balaban J connectivity index is 2.40. The molecule has 0 unspecified atom stereocenters. The molecule has 5 nitrogen and oxygen atoms in total. The van der Waals surface area contributed by atoms with Gasteiger partial charge >= 0.3 is 12.1 Å². The fraction of sp³-hybridized carbons (Fsp3) is 0.300. The maximum Gasteiger partial charge on any atom is 0.432 e. The Kier molecular flexibility index (Phi) is 6.63. The third kappa shape index (κ3) is 4.40. The van der Waals surface area contributed by atoms with Crippen LogP contribution in [0.15, 0.2) is 48.5 Å². The summed E-state index contributed by atoms with van der Waals surface area (Å²) in [5.41, 5.74) is -4.32. The minimum Gasteiger partial charge on any atom is -0.463 e. The second kappa shape index (κ2) is 8.60. The Labute approximate surface area is 164 Å². The zero-order valence-corrected chi connectivity index (χ0v) is 15.7. The number of anilines is 1. The van der Waals surface area contributed by atoms with E-state index in [1.165, 1.54) is 30.0 Å². The number of hydrogen-bond donors (Lipinski definition) is 1. The van der Waals surface area contributed by atoms with Gasteiger partial charge in [-0.05, 0) is 44.2 Å². The lowest BCUT2D eigenvalue weighted by molar-refractivity contribution is -0.267. The molecule has 9 heteroatoms. The Morgan fingerprint density at radius 3 is 2.17 bits per heavy atom. The topological polar surface area (TPSA) is 66.8 Å². The highest BCUT2D eigenvalue weighted by Crippen LogP contribution is 2.40. The monoisotopic (exact) mass is 413 g/mol. The Morgan fingerprint density at radius 1 is 1.07 bits per heavy atom. The van der Waals surface area contributed by atoms with Crippen molar-refractivity contribution in [3.05, 3.63) is 65.5 Å². The van der Waals surface area contributed by atoms with E-state index in [2.05, 4.69) is 4.74 Å². The van der Waals surface area contributed by atoms with Crippen LogP contribution in [0.5, 0.6) is 0 Å². The number of alkyl halides is 3. The molecule has 2 rings (SSSR count). The van der Waals surface area contributed by atoms with Gasteiger partial charge in [-0.1, -0.05) is 18.2 Å². The van der Waals surface area contributed by atoms with Crippen LogP contribution >= 0.6 is 0 Å². The third-order valence-electron chi connectivity index (χ3n) is 4.21. The number of nitrogens with zero attached hydrogens (tertiary/aromatic N) is 1. The normalized spacial score (nSPS) is 13.5. The first-order valence-electron chi connectivity index (χ1n) is 8.70. The van der Waals surface area contributed by atoms with E-state index >= 15 is 0 Å². The molecule has 0 aromatic heterocycles. The van der Waals surface area contributed by atoms with Crippen molar-refractivity contribution in [2.24, 2.45) is 0 Å². The Morgan fingerprint density at radius 2 is 1.69 bits per heavy atom. The van der Waals surface area contributed by atoms with Crippen molar-refractivity contribution in [3.63, 3.8) is 0 Å². The minimum absolute atomic E-state index is 0.0641. The molecule has 0 bridgehead atoms. The second-order valence-electron chi connectivity index (χ2n) is 6.04. The third-order valence-corrected chi connectivity index (χ3v) is 4.21. The quantitative estimate of drug-likeness (QED) is 0.578. The highest BCUT2D eigenvalue weighted by Gasteiger charge is 2.62. The van der Waals surface area contributed by atoms with Gasteiger partial charge < -0.3 is 14.7 Å². The lowest BCUT2D eigenvalue weighted by Gasteiger charge is -2.29. The summed E-state index contributed by atoms with van der Waals surface area (Å²) in [6.07, 6.45) is -5.32. The molecule has 0 aliphatic carbocycles. The van der Waals surface area contributed by atoms with Gasteiger partial charge in [0.05, 0.1) is 6.61 Å². The van der Waals surface area contributed by atoms with Crippen LogP contribution in [0.3, 0.4) is 0 Å². The first-order chi connectivity index (χ1) is 13.6. The van der Waals surface area contributed by atoms with Gasteiger partial charge in [0, 0.05) is 23.4 Å². The largest absolute Gasteiger partial charge is 0.463 e. The molecular formula is C20H19F4NO4. The molecule has 0 saturated heterocycles. The molecule has 1 amide bonds. The molecular weight excluding hydrogens is 394 g/mol. The number of amides is 1. The minimum atomic E-state index is -5.32. The maximum atomic E-state index is 13.4. The lowest BCUT2D eigenvalue weighted by atomic mass is 9.92. The van der Waals surface area contributed by atoms with Crippen molar-refractivity contribution in [1.82, 2.24) is 0 Å². The summed E-state index contributed by atoms with van der Waals surface area (Å²) in [7, 11) is 0. The zero-order chi connectivity index (χ0) is 21.8. The summed E-state index contributed by atoms with van der Waals surface area (Å²) in [4.78, 5) is 25.7. The number of aliphatic hydroxyl groups is 1. The molecule has 29 heavy (non-hydrogen) atoms. The van der Waals surface area contributed by atoms with E-state index in [9.17, 15) is 32.3 Å². The summed E-state index contributed by atoms with van der Waals surface area (Å²) in [6, 6.07) is 9.09. The van der Waals surface area contributed by atoms with Gasteiger partial charge in [0.15, 0.2) is 0 Å². The number of hydrogen-bond acceptors (Lipinski definition) is 4. The van der Waals surface area contributed by atoms with Crippen LogP contribution in [0.1, 0.15) is 29.8 Å². The highest BCUT2D eigenvalue weighted by molar-refractivity contribution is 6.06. The summed E-state index contributed by atoms with van der Waals surface area (Å²) < 4.78 is 58.0. The molecule has 1 N–H and O–H groups in total. The Bertz CT molecular complexity index is 883. The molecule has 0 fully saturated rings. The van der Waals surface area contributed by atoms with Gasteiger partial charge in [0.25, 0.3) is 11.5 Å². The van der Waals surface area contributed by atoms with E-state index in [0.29, 0.717) is 0 Å². The van der Waals surface area contributed by atoms with E-state index in [1.54, 1.807) is 6.92 Å². The SMILES string of the molecule is CCOC(=O)[C@@](O)(c1ccc(N(CC)C(=O)c2cccc(F)c2)cc1)C(F)(F)F. The summed E-state index contributed by atoms with van der Waals surface area (Å²) in [5, 5.41) is 10.1.